The van der Waals surface area contributed by atoms with Crippen molar-refractivity contribution in [1.29, 1.82) is 0 Å². The van der Waals surface area contributed by atoms with Gasteiger partial charge in [-0.2, -0.15) is 8.78 Å². The topological polar surface area (TPSA) is 21.3 Å². The van der Waals surface area contributed by atoms with Crippen LogP contribution >= 0.6 is 11.6 Å². The molecule has 2 rings (SSSR count). The smallest absolute Gasteiger partial charge is 0.387 e. The number of benzene rings is 2. The summed E-state index contributed by atoms with van der Waals surface area (Å²) >= 11 is 6.24. The molecule has 1 atom stereocenters. The summed E-state index contributed by atoms with van der Waals surface area (Å²) in [5.41, 5.74) is 1.72. The van der Waals surface area contributed by atoms with Gasteiger partial charge in [0.15, 0.2) is 0 Å². The van der Waals surface area contributed by atoms with Gasteiger partial charge in [-0.25, -0.2) is 0 Å². The van der Waals surface area contributed by atoms with E-state index in [1.54, 1.807) is 18.2 Å². The van der Waals surface area contributed by atoms with Crippen LogP contribution in [0.3, 0.4) is 0 Å². The quantitative estimate of drug-likeness (QED) is 0.839. The molecule has 0 aliphatic heterocycles. The summed E-state index contributed by atoms with van der Waals surface area (Å²) in [7, 11) is 0. The second-order valence-electron chi connectivity index (χ2n) is 4.46. The molecule has 0 aliphatic rings. The van der Waals surface area contributed by atoms with Gasteiger partial charge in [0.1, 0.15) is 5.75 Å². The molecule has 0 aromatic heterocycles. The molecule has 5 heteroatoms. The predicted molar refractivity (Wildman–Crippen MR) is 80.0 cm³/mol. The number of ether oxygens (including phenoxy) is 1. The Labute approximate surface area is 127 Å². The highest BCUT2D eigenvalue weighted by molar-refractivity contribution is 6.31. The van der Waals surface area contributed by atoms with Crippen molar-refractivity contribution < 1.29 is 13.5 Å². The first-order valence-electron chi connectivity index (χ1n) is 6.64. The van der Waals surface area contributed by atoms with Crippen LogP contribution in [-0.2, 0) is 0 Å². The van der Waals surface area contributed by atoms with Crippen molar-refractivity contribution in [2.75, 3.05) is 6.54 Å². The average molecular weight is 312 g/mol. The van der Waals surface area contributed by atoms with Gasteiger partial charge in [0, 0.05) is 5.02 Å². The highest BCUT2D eigenvalue weighted by Crippen LogP contribution is 2.30. The molecular weight excluding hydrogens is 296 g/mol. The molecular formula is C16H16ClF2NO. The Morgan fingerprint density at radius 2 is 1.90 bits per heavy atom. The molecule has 0 amide bonds. The van der Waals surface area contributed by atoms with Gasteiger partial charge in [-0.1, -0.05) is 48.9 Å². The lowest BCUT2D eigenvalue weighted by Gasteiger charge is -2.20. The lowest BCUT2D eigenvalue weighted by Crippen LogP contribution is -2.22. The SMILES string of the molecule is CCNC(c1cccc(OC(F)F)c1)c1ccccc1Cl. The van der Waals surface area contributed by atoms with E-state index < -0.39 is 6.61 Å². The molecule has 21 heavy (non-hydrogen) atoms. The van der Waals surface area contributed by atoms with Gasteiger partial charge in [0.25, 0.3) is 0 Å². The predicted octanol–water partition coefficient (Wildman–Crippen LogP) is 4.64. The Morgan fingerprint density at radius 1 is 1.14 bits per heavy atom. The van der Waals surface area contributed by atoms with Gasteiger partial charge < -0.3 is 10.1 Å². The van der Waals surface area contributed by atoms with Crippen LogP contribution in [0.2, 0.25) is 5.02 Å². The van der Waals surface area contributed by atoms with Crippen molar-refractivity contribution >= 4 is 11.6 Å². The van der Waals surface area contributed by atoms with E-state index in [0.29, 0.717) is 5.02 Å². The largest absolute Gasteiger partial charge is 0.435 e. The van der Waals surface area contributed by atoms with E-state index in [1.165, 1.54) is 6.07 Å². The highest BCUT2D eigenvalue weighted by Gasteiger charge is 2.16. The minimum absolute atomic E-state index is 0.137. The summed E-state index contributed by atoms with van der Waals surface area (Å²) in [6.07, 6.45) is 0. The molecule has 0 saturated heterocycles. The number of hydrogen-bond acceptors (Lipinski definition) is 2. The standard InChI is InChI=1S/C16H16ClF2NO/c1-2-20-15(13-8-3-4-9-14(13)17)11-6-5-7-12(10-11)21-16(18)19/h3-10,15-16,20H,2H2,1H3. The summed E-state index contributed by atoms with van der Waals surface area (Å²) in [6, 6.07) is 13.9. The first kappa shape index (κ1) is 15.7. The third-order valence-corrected chi connectivity index (χ3v) is 3.39. The molecule has 112 valence electrons. The summed E-state index contributed by atoms with van der Waals surface area (Å²) in [4.78, 5) is 0. The van der Waals surface area contributed by atoms with Crippen molar-refractivity contribution in [2.45, 2.75) is 19.6 Å². The highest BCUT2D eigenvalue weighted by atomic mass is 35.5. The van der Waals surface area contributed by atoms with Crippen LogP contribution < -0.4 is 10.1 Å². The fourth-order valence-electron chi connectivity index (χ4n) is 2.19. The molecule has 2 aromatic rings. The van der Waals surface area contributed by atoms with E-state index in [2.05, 4.69) is 10.1 Å². The fraction of sp³-hybridized carbons (Fsp3) is 0.250. The van der Waals surface area contributed by atoms with Crippen LogP contribution in [0.4, 0.5) is 8.78 Å². The van der Waals surface area contributed by atoms with E-state index in [9.17, 15) is 8.78 Å². The summed E-state index contributed by atoms with van der Waals surface area (Å²) in [5, 5.41) is 3.94. The van der Waals surface area contributed by atoms with Crippen LogP contribution in [0.1, 0.15) is 24.1 Å². The van der Waals surface area contributed by atoms with E-state index in [0.717, 1.165) is 17.7 Å². The van der Waals surface area contributed by atoms with Crippen molar-refractivity contribution in [1.82, 2.24) is 5.32 Å². The Bertz CT molecular complexity index is 592. The Balaban J connectivity index is 2.36. The molecule has 1 unspecified atom stereocenters. The van der Waals surface area contributed by atoms with Gasteiger partial charge in [-0.05, 0) is 35.9 Å². The zero-order valence-electron chi connectivity index (χ0n) is 11.5. The van der Waals surface area contributed by atoms with Gasteiger partial charge in [0.05, 0.1) is 6.04 Å². The zero-order valence-corrected chi connectivity index (χ0v) is 12.3. The van der Waals surface area contributed by atoms with E-state index in [-0.39, 0.29) is 11.8 Å². The molecule has 0 radical (unpaired) electrons. The van der Waals surface area contributed by atoms with E-state index in [4.69, 9.17) is 11.6 Å². The monoisotopic (exact) mass is 311 g/mol. The molecule has 2 aromatic carbocycles. The molecule has 0 spiro atoms. The first-order chi connectivity index (χ1) is 10.1. The van der Waals surface area contributed by atoms with Gasteiger partial charge in [-0.3, -0.25) is 0 Å². The summed E-state index contributed by atoms with van der Waals surface area (Å²) in [6.45, 7) is -0.141. The molecule has 2 nitrogen and oxygen atoms in total. The minimum atomic E-state index is -2.84. The maximum absolute atomic E-state index is 12.3. The Morgan fingerprint density at radius 3 is 2.57 bits per heavy atom. The maximum atomic E-state index is 12.3. The normalized spacial score (nSPS) is 12.4. The number of halogens is 3. The fourth-order valence-corrected chi connectivity index (χ4v) is 2.44. The van der Waals surface area contributed by atoms with Crippen LogP contribution in [0.25, 0.3) is 0 Å². The van der Waals surface area contributed by atoms with Crippen molar-refractivity contribution in [3.05, 3.63) is 64.7 Å². The van der Waals surface area contributed by atoms with Crippen LogP contribution in [0.5, 0.6) is 5.75 Å². The van der Waals surface area contributed by atoms with Gasteiger partial charge in [0.2, 0.25) is 0 Å². The molecule has 0 heterocycles. The number of rotatable bonds is 6. The van der Waals surface area contributed by atoms with E-state index in [1.807, 2.05) is 31.2 Å². The van der Waals surface area contributed by atoms with Gasteiger partial charge in [-0.15, -0.1) is 0 Å². The minimum Gasteiger partial charge on any atom is -0.435 e. The zero-order chi connectivity index (χ0) is 15.2. The summed E-state index contributed by atoms with van der Waals surface area (Å²) in [5.74, 6) is 0.137. The van der Waals surface area contributed by atoms with Crippen LogP contribution in [-0.4, -0.2) is 13.2 Å². The van der Waals surface area contributed by atoms with Crippen molar-refractivity contribution in [3.63, 3.8) is 0 Å². The lowest BCUT2D eigenvalue weighted by atomic mass is 9.98. The molecule has 0 bridgehead atoms. The third-order valence-electron chi connectivity index (χ3n) is 3.04. The van der Waals surface area contributed by atoms with E-state index >= 15 is 0 Å². The van der Waals surface area contributed by atoms with Crippen molar-refractivity contribution in [3.8, 4) is 5.75 Å². The Kier molecular flexibility index (Phi) is 5.53. The number of nitrogens with one attached hydrogen (secondary N) is 1. The molecule has 0 fully saturated rings. The molecule has 1 N–H and O–H groups in total. The lowest BCUT2D eigenvalue weighted by molar-refractivity contribution is -0.0498. The first-order valence-corrected chi connectivity index (χ1v) is 7.02. The molecule has 0 saturated carbocycles. The second kappa shape index (κ2) is 7.38. The number of hydrogen-bond donors (Lipinski definition) is 1. The van der Waals surface area contributed by atoms with Crippen LogP contribution in [0.15, 0.2) is 48.5 Å². The second-order valence-corrected chi connectivity index (χ2v) is 4.87. The third kappa shape index (κ3) is 4.16. The summed E-state index contributed by atoms with van der Waals surface area (Å²) < 4.78 is 29.1. The maximum Gasteiger partial charge on any atom is 0.387 e. The van der Waals surface area contributed by atoms with Crippen molar-refractivity contribution in [2.24, 2.45) is 0 Å². The number of alkyl halides is 2. The van der Waals surface area contributed by atoms with Crippen LogP contribution in [0, 0.1) is 0 Å². The molecule has 0 aliphatic carbocycles. The Hall–Kier alpha value is -1.65. The van der Waals surface area contributed by atoms with Gasteiger partial charge >= 0.3 is 6.61 Å². The average Bonchev–Trinajstić information content (AvgIpc) is 2.45.